The van der Waals surface area contributed by atoms with Crippen LogP contribution in [0.2, 0.25) is 0 Å². The number of esters is 1. The van der Waals surface area contributed by atoms with Crippen LogP contribution in [0.1, 0.15) is 9.67 Å². The normalized spacial score (nSPS) is 28.6. The van der Waals surface area contributed by atoms with Crippen LogP contribution in [0.5, 0.6) is 0 Å². The Morgan fingerprint density at radius 2 is 1.95 bits per heavy atom. The van der Waals surface area contributed by atoms with Gasteiger partial charge in [0.1, 0.15) is 4.88 Å². The fourth-order valence-corrected chi connectivity index (χ4v) is 3.54. The van der Waals surface area contributed by atoms with Gasteiger partial charge < -0.3 is 24.7 Å². The first kappa shape index (κ1) is 14.7. The van der Waals surface area contributed by atoms with Gasteiger partial charge in [0.2, 0.25) is 5.91 Å². The molecule has 8 heteroatoms. The molecule has 2 bridgehead atoms. The van der Waals surface area contributed by atoms with Gasteiger partial charge in [-0.05, 0) is 11.4 Å². The predicted molar refractivity (Wildman–Crippen MR) is 74.1 cm³/mol. The molecule has 0 aromatic carbocycles. The third-order valence-corrected chi connectivity index (χ3v) is 4.66. The van der Waals surface area contributed by atoms with E-state index in [2.05, 4.69) is 10.1 Å². The van der Waals surface area contributed by atoms with E-state index < -0.39 is 41.9 Å². The standard InChI is InChI=1S/C14H13NO6S/c1-20-14(19)11-6(4-5-22-11)15-12(16)9-7-2-3-8(21-7)10(9)13(17)18/h2-5,7-10H,1H3,(H,15,16)(H,17,18)/p-1/t7-,8+,9+,10+/m1/s1. The molecule has 7 nitrogen and oxygen atoms in total. The van der Waals surface area contributed by atoms with Gasteiger partial charge in [0.15, 0.2) is 0 Å². The van der Waals surface area contributed by atoms with E-state index in [1.165, 1.54) is 7.11 Å². The summed E-state index contributed by atoms with van der Waals surface area (Å²) in [6.07, 6.45) is 2.06. The lowest BCUT2D eigenvalue weighted by Gasteiger charge is -2.24. The average molecular weight is 322 g/mol. The summed E-state index contributed by atoms with van der Waals surface area (Å²) in [7, 11) is 1.24. The first-order chi connectivity index (χ1) is 10.5. The third-order valence-electron chi connectivity index (χ3n) is 3.77. The highest BCUT2D eigenvalue weighted by molar-refractivity contribution is 7.12. The molecule has 116 valence electrons. The molecule has 0 radical (unpaired) electrons. The average Bonchev–Trinajstić information content (AvgIpc) is 3.20. The van der Waals surface area contributed by atoms with E-state index >= 15 is 0 Å². The van der Waals surface area contributed by atoms with Crippen LogP contribution in [-0.4, -0.2) is 37.2 Å². The predicted octanol–water partition coefficient (Wildman–Crippen LogP) is -0.207. The fraction of sp³-hybridized carbons (Fsp3) is 0.357. The number of ether oxygens (including phenoxy) is 2. The smallest absolute Gasteiger partial charge is 0.350 e. The molecule has 0 unspecified atom stereocenters. The second-order valence-electron chi connectivity index (χ2n) is 4.97. The second-order valence-corrected chi connectivity index (χ2v) is 5.88. The van der Waals surface area contributed by atoms with E-state index in [0.717, 1.165) is 11.3 Å². The Balaban J connectivity index is 1.80. The number of fused-ring (bicyclic) bond motifs is 2. The summed E-state index contributed by atoms with van der Waals surface area (Å²) >= 11 is 1.13. The molecular formula is C14H12NO6S-. The molecule has 1 N–H and O–H groups in total. The minimum atomic E-state index is -1.32. The Morgan fingerprint density at radius 3 is 2.59 bits per heavy atom. The second kappa shape index (κ2) is 5.54. The van der Waals surface area contributed by atoms with Crippen LogP contribution in [0.3, 0.4) is 0 Å². The number of rotatable bonds is 4. The third kappa shape index (κ3) is 2.30. The maximum absolute atomic E-state index is 12.4. The Labute approximate surface area is 129 Å². The number of methoxy groups -OCH3 is 1. The van der Waals surface area contributed by atoms with Crippen LogP contribution in [-0.2, 0) is 19.1 Å². The zero-order valence-electron chi connectivity index (χ0n) is 11.5. The van der Waals surface area contributed by atoms with E-state index in [1.54, 1.807) is 23.6 Å². The van der Waals surface area contributed by atoms with Crippen LogP contribution in [0.4, 0.5) is 5.69 Å². The van der Waals surface area contributed by atoms with Crippen molar-refractivity contribution >= 4 is 34.9 Å². The van der Waals surface area contributed by atoms with Crippen molar-refractivity contribution in [3.05, 3.63) is 28.5 Å². The zero-order valence-corrected chi connectivity index (χ0v) is 12.3. The van der Waals surface area contributed by atoms with Gasteiger partial charge >= 0.3 is 5.97 Å². The quantitative estimate of drug-likeness (QED) is 0.608. The molecule has 0 saturated carbocycles. The molecule has 1 aromatic heterocycles. The summed E-state index contributed by atoms with van der Waals surface area (Å²) in [6, 6.07) is 1.56. The molecular weight excluding hydrogens is 310 g/mol. The molecule has 3 heterocycles. The monoisotopic (exact) mass is 322 g/mol. The molecule has 1 saturated heterocycles. The molecule has 4 atom stereocenters. The highest BCUT2D eigenvalue weighted by atomic mass is 32.1. The summed E-state index contributed by atoms with van der Waals surface area (Å²) in [5.41, 5.74) is 0.297. The topological polar surface area (TPSA) is 105 Å². The van der Waals surface area contributed by atoms with Crippen molar-refractivity contribution < 1.29 is 29.0 Å². The van der Waals surface area contributed by atoms with Gasteiger partial charge in [-0.15, -0.1) is 11.3 Å². The SMILES string of the molecule is COC(=O)c1sccc1NC(=O)[C@@H]1[C@@H](C(=O)[O-])[C@@H]2C=C[C@H]1O2. The van der Waals surface area contributed by atoms with E-state index in [9.17, 15) is 19.5 Å². The fourth-order valence-electron chi connectivity index (χ4n) is 2.78. The summed E-state index contributed by atoms with van der Waals surface area (Å²) in [4.78, 5) is 35.5. The van der Waals surface area contributed by atoms with Gasteiger partial charge in [0.25, 0.3) is 0 Å². The zero-order chi connectivity index (χ0) is 15.9. The number of carbonyl (C=O) groups is 3. The number of nitrogens with one attached hydrogen (secondary N) is 1. The number of thiophene rings is 1. The Kier molecular flexibility index (Phi) is 3.71. The number of amides is 1. The highest BCUT2D eigenvalue weighted by Crippen LogP contribution is 2.39. The van der Waals surface area contributed by atoms with Gasteiger partial charge in [-0.3, -0.25) is 4.79 Å². The number of anilines is 1. The van der Waals surface area contributed by atoms with E-state index in [-0.39, 0.29) is 4.88 Å². The number of carbonyl (C=O) groups excluding carboxylic acids is 3. The number of hydrogen-bond acceptors (Lipinski definition) is 7. The summed E-state index contributed by atoms with van der Waals surface area (Å²) in [5, 5.41) is 15.5. The van der Waals surface area contributed by atoms with Crippen LogP contribution in [0.15, 0.2) is 23.6 Å². The molecule has 2 aliphatic rings. The van der Waals surface area contributed by atoms with Crippen LogP contribution < -0.4 is 10.4 Å². The van der Waals surface area contributed by atoms with Crippen LogP contribution in [0, 0.1) is 11.8 Å². The van der Waals surface area contributed by atoms with Crippen molar-refractivity contribution in [1.82, 2.24) is 0 Å². The highest BCUT2D eigenvalue weighted by Gasteiger charge is 2.50. The molecule has 22 heavy (non-hydrogen) atoms. The first-order valence-electron chi connectivity index (χ1n) is 6.54. The molecule has 1 aromatic rings. The molecule has 1 fully saturated rings. The van der Waals surface area contributed by atoms with Gasteiger partial charge in [-0.25, -0.2) is 4.79 Å². The lowest BCUT2D eigenvalue weighted by atomic mass is 9.82. The Hall–Kier alpha value is -2.19. The van der Waals surface area contributed by atoms with Crippen molar-refractivity contribution in [2.45, 2.75) is 12.2 Å². The van der Waals surface area contributed by atoms with Crippen molar-refractivity contribution in [3.8, 4) is 0 Å². The maximum Gasteiger partial charge on any atom is 0.350 e. The van der Waals surface area contributed by atoms with Crippen molar-refractivity contribution in [1.29, 1.82) is 0 Å². The molecule has 0 aliphatic carbocycles. The first-order valence-corrected chi connectivity index (χ1v) is 7.42. The maximum atomic E-state index is 12.4. The summed E-state index contributed by atoms with van der Waals surface area (Å²) < 4.78 is 10.0. The molecule has 2 aliphatic heterocycles. The number of carboxylic acids is 1. The number of aliphatic carboxylic acids is 1. The van der Waals surface area contributed by atoms with Gasteiger partial charge in [0, 0.05) is 11.9 Å². The number of carboxylic acid groups (broad SMARTS) is 1. The lowest BCUT2D eigenvalue weighted by Crippen LogP contribution is -2.45. The van der Waals surface area contributed by atoms with Crippen molar-refractivity contribution in [2.75, 3.05) is 12.4 Å². The summed E-state index contributed by atoms with van der Waals surface area (Å²) in [6.45, 7) is 0. The van der Waals surface area contributed by atoms with E-state index in [4.69, 9.17) is 4.74 Å². The Morgan fingerprint density at radius 1 is 1.27 bits per heavy atom. The van der Waals surface area contributed by atoms with Gasteiger partial charge in [0.05, 0.1) is 30.9 Å². The van der Waals surface area contributed by atoms with Crippen molar-refractivity contribution in [3.63, 3.8) is 0 Å². The van der Waals surface area contributed by atoms with Crippen LogP contribution in [0.25, 0.3) is 0 Å². The minimum Gasteiger partial charge on any atom is -0.550 e. The molecule has 0 spiro atoms. The van der Waals surface area contributed by atoms with E-state index in [0.29, 0.717) is 5.69 Å². The number of hydrogen-bond donors (Lipinski definition) is 1. The van der Waals surface area contributed by atoms with Gasteiger partial charge in [-0.2, -0.15) is 0 Å². The summed E-state index contributed by atoms with van der Waals surface area (Å²) in [5.74, 6) is -4.32. The largest absolute Gasteiger partial charge is 0.550 e. The van der Waals surface area contributed by atoms with Gasteiger partial charge in [-0.1, -0.05) is 12.2 Å². The molecule has 1 amide bonds. The van der Waals surface area contributed by atoms with E-state index in [1.807, 2.05) is 0 Å². The van der Waals surface area contributed by atoms with Crippen LogP contribution >= 0.6 is 11.3 Å². The minimum absolute atomic E-state index is 0.250. The Bertz CT molecular complexity index is 666. The van der Waals surface area contributed by atoms with Crippen molar-refractivity contribution in [2.24, 2.45) is 11.8 Å². The lowest BCUT2D eigenvalue weighted by molar-refractivity contribution is -0.313. The molecule has 3 rings (SSSR count).